The van der Waals surface area contributed by atoms with E-state index in [2.05, 4.69) is 13.8 Å². The smallest absolute Gasteiger partial charge is 0.242 e. The topological polar surface area (TPSA) is 64.2 Å². The minimum absolute atomic E-state index is 0. The van der Waals surface area contributed by atoms with Gasteiger partial charge in [-0.25, -0.2) is 0 Å². The number of carbonyl (C=O) groups excluding carboxylic acids is 3. The van der Waals surface area contributed by atoms with Crippen LogP contribution in [0.15, 0.2) is 0 Å². The fourth-order valence-corrected chi connectivity index (χ4v) is 2.15. The summed E-state index contributed by atoms with van der Waals surface area (Å²) in [4.78, 5) is 42.7. The van der Waals surface area contributed by atoms with E-state index in [1.807, 2.05) is 18.9 Å². The first-order chi connectivity index (χ1) is 11.6. The van der Waals surface area contributed by atoms with Crippen molar-refractivity contribution in [3.8, 4) is 0 Å². The van der Waals surface area contributed by atoms with E-state index >= 15 is 0 Å². The van der Waals surface area contributed by atoms with Crippen molar-refractivity contribution < 1.29 is 14.4 Å². The van der Waals surface area contributed by atoms with Gasteiger partial charge in [0.1, 0.15) is 0 Å². The molecule has 26 heavy (non-hydrogen) atoms. The van der Waals surface area contributed by atoms with Crippen molar-refractivity contribution in [3.05, 3.63) is 0 Å². The van der Waals surface area contributed by atoms with Crippen LogP contribution >= 0.6 is 24.0 Å². The molecular weight excluding hydrogens is 447 g/mol. The van der Waals surface area contributed by atoms with Gasteiger partial charge in [-0.2, -0.15) is 0 Å². The van der Waals surface area contributed by atoms with Crippen LogP contribution in [0.5, 0.6) is 0 Å². The van der Waals surface area contributed by atoms with Crippen LogP contribution in [0, 0.1) is 5.92 Å². The molecule has 0 saturated carbocycles. The van der Waals surface area contributed by atoms with E-state index in [1.165, 1.54) is 9.80 Å². The van der Waals surface area contributed by atoms with Crippen LogP contribution in [0.1, 0.15) is 33.6 Å². The number of likely N-dealkylation sites (N-methyl/N-ethyl adjacent to an activating group) is 4. The van der Waals surface area contributed by atoms with Crippen molar-refractivity contribution >= 4 is 41.7 Å². The maximum atomic E-state index is 12.2. The largest absolute Gasteiger partial charge is 0.344 e. The number of nitrogens with zero attached hydrogens (tertiary/aromatic N) is 4. The average molecular weight is 484 g/mol. The van der Waals surface area contributed by atoms with Crippen molar-refractivity contribution in [3.63, 3.8) is 0 Å². The molecule has 0 bridgehead atoms. The van der Waals surface area contributed by atoms with Gasteiger partial charge in [0.15, 0.2) is 0 Å². The molecule has 0 aromatic carbocycles. The van der Waals surface area contributed by atoms with Crippen LogP contribution in [0.25, 0.3) is 0 Å². The first kappa shape index (κ1) is 27.3. The second kappa shape index (κ2) is 14.2. The Hall–Kier alpha value is -0.900. The first-order valence-electron chi connectivity index (χ1n) is 8.98. The van der Waals surface area contributed by atoms with Crippen molar-refractivity contribution in [2.75, 3.05) is 60.9 Å². The Balaban J connectivity index is 0. The normalized spacial score (nSPS) is 10.5. The molecule has 7 nitrogen and oxygen atoms in total. The van der Waals surface area contributed by atoms with Crippen molar-refractivity contribution in [1.82, 2.24) is 19.6 Å². The van der Waals surface area contributed by atoms with Gasteiger partial charge in [0.2, 0.25) is 17.7 Å². The number of rotatable bonds is 11. The van der Waals surface area contributed by atoms with E-state index < -0.39 is 0 Å². The van der Waals surface area contributed by atoms with Crippen LogP contribution in [0.4, 0.5) is 0 Å². The monoisotopic (exact) mass is 484 g/mol. The van der Waals surface area contributed by atoms with Crippen LogP contribution in [-0.4, -0.2) is 98.2 Å². The number of amides is 3. The lowest BCUT2D eigenvalue weighted by molar-refractivity contribution is -0.142. The number of carbonyl (C=O) groups is 3. The Morgan fingerprint density at radius 1 is 0.769 bits per heavy atom. The van der Waals surface area contributed by atoms with Crippen molar-refractivity contribution in [2.24, 2.45) is 5.92 Å². The molecule has 0 unspecified atom stereocenters. The number of hydrogen-bond donors (Lipinski definition) is 0. The highest BCUT2D eigenvalue weighted by atomic mass is 127. The highest BCUT2D eigenvalue weighted by Crippen LogP contribution is 2.04. The predicted octanol–water partition coefficient (Wildman–Crippen LogP) is 1.37. The zero-order valence-electron chi connectivity index (χ0n) is 17.4. The highest BCUT2D eigenvalue weighted by Gasteiger charge is 2.19. The quantitative estimate of drug-likeness (QED) is 0.416. The van der Waals surface area contributed by atoms with E-state index in [1.54, 1.807) is 26.0 Å². The van der Waals surface area contributed by atoms with Gasteiger partial charge in [0.25, 0.3) is 0 Å². The third kappa shape index (κ3) is 11.7. The molecule has 0 spiro atoms. The molecule has 8 heteroatoms. The molecule has 0 aliphatic carbocycles. The molecule has 0 saturated heterocycles. The molecule has 0 aromatic heterocycles. The fourth-order valence-electron chi connectivity index (χ4n) is 2.15. The second-order valence-electron chi connectivity index (χ2n) is 7.18. The van der Waals surface area contributed by atoms with Gasteiger partial charge < -0.3 is 14.7 Å². The molecule has 0 aromatic rings. The average Bonchev–Trinajstić information content (AvgIpc) is 2.53. The summed E-state index contributed by atoms with van der Waals surface area (Å²) in [5.74, 6) is 0.189. The Kier molecular flexibility index (Phi) is 14.9. The molecule has 0 heterocycles. The third-order valence-corrected chi connectivity index (χ3v) is 4.24. The van der Waals surface area contributed by atoms with Gasteiger partial charge in [0.05, 0.1) is 19.6 Å². The Labute approximate surface area is 176 Å². The van der Waals surface area contributed by atoms with Gasteiger partial charge in [-0.15, -0.1) is 24.0 Å². The summed E-state index contributed by atoms with van der Waals surface area (Å²) in [6.07, 6.45) is 2.03. The van der Waals surface area contributed by atoms with Crippen molar-refractivity contribution in [2.45, 2.75) is 33.6 Å². The lowest BCUT2D eigenvalue weighted by atomic mass is 10.1. The molecule has 0 aliphatic heterocycles. The van der Waals surface area contributed by atoms with Gasteiger partial charge in [-0.05, 0) is 32.4 Å². The zero-order valence-corrected chi connectivity index (χ0v) is 19.8. The van der Waals surface area contributed by atoms with Crippen LogP contribution in [0.3, 0.4) is 0 Å². The van der Waals surface area contributed by atoms with E-state index in [4.69, 9.17) is 0 Å². The third-order valence-electron chi connectivity index (χ3n) is 4.24. The van der Waals surface area contributed by atoms with Crippen molar-refractivity contribution in [1.29, 1.82) is 0 Å². The molecule has 0 aliphatic rings. The lowest BCUT2D eigenvalue weighted by Crippen LogP contribution is -2.45. The van der Waals surface area contributed by atoms with Gasteiger partial charge in [-0.3, -0.25) is 19.3 Å². The number of halogens is 1. The van der Waals surface area contributed by atoms with E-state index in [0.29, 0.717) is 12.5 Å². The van der Waals surface area contributed by atoms with Crippen LogP contribution < -0.4 is 0 Å². The van der Waals surface area contributed by atoms with Crippen LogP contribution in [-0.2, 0) is 14.4 Å². The van der Waals surface area contributed by atoms with Gasteiger partial charge >= 0.3 is 0 Å². The van der Waals surface area contributed by atoms with Gasteiger partial charge in [0, 0.05) is 27.7 Å². The maximum absolute atomic E-state index is 12.2. The summed E-state index contributed by atoms with van der Waals surface area (Å²) in [5, 5.41) is 0. The molecule has 0 radical (unpaired) electrons. The molecular formula is C18H37IN4O3. The molecule has 3 amide bonds. The highest BCUT2D eigenvalue weighted by molar-refractivity contribution is 14.0. The molecule has 0 N–H and O–H groups in total. The maximum Gasteiger partial charge on any atom is 0.242 e. The summed E-state index contributed by atoms with van der Waals surface area (Å²) in [6.45, 7) is 8.04. The zero-order chi connectivity index (χ0) is 19.6. The Bertz CT molecular complexity index is 446. The molecule has 0 atom stereocenters. The first-order valence-corrected chi connectivity index (χ1v) is 8.98. The molecule has 154 valence electrons. The SMILES string of the molecule is CCN(C)CC(=O)N(C)CC(=O)N(C)CC(=O)N(C)CCCC(C)C.I. The predicted molar refractivity (Wildman–Crippen MR) is 116 cm³/mol. The minimum Gasteiger partial charge on any atom is -0.344 e. The summed E-state index contributed by atoms with van der Waals surface area (Å²) in [6, 6.07) is 0. The summed E-state index contributed by atoms with van der Waals surface area (Å²) in [5.41, 5.74) is 0. The number of hydrogen-bond acceptors (Lipinski definition) is 4. The van der Waals surface area contributed by atoms with Gasteiger partial charge in [-0.1, -0.05) is 20.8 Å². The Morgan fingerprint density at radius 2 is 1.19 bits per heavy atom. The second-order valence-corrected chi connectivity index (χ2v) is 7.18. The lowest BCUT2D eigenvalue weighted by Gasteiger charge is -2.25. The fraction of sp³-hybridized carbons (Fsp3) is 0.833. The molecule has 0 fully saturated rings. The summed E-state index contributed by atoms with van der Waals surface area (Å²) in [7, 11) is 6.82. The summed E-state index contributed by atoms with van der Waals surface area (Å²) >= 11 is 0. The van der Waals surface area contributed by atoms with E-state index in [9.17, 15) is 14.4 Å². The van der Waals surface area contributed by atoms with E-state index in [-0.39, 0.29) is 61.3 Å². The van der Waals surface area contributed by atoms with E-state index in [0.717, 1.165) is 19.4 Å². The molecule has 0 rings (SSSR count). The standard InChI is InChI=1S/C18H36N4O3.HI/c1-8-19(4)12-16(23)21(6)14-18(25)22(7)13-17(24)20(5)11-9-10-15(2)3;/h15H,8-14H2,1-7H3;1H. The summed E-state index contributed by atoms with van der Waals surface area (Å²) < 4.78 is 0. The van der Waals surface area contributed by atoms with Crippen LogP contribution in [0.2, 0.25) is 0 Å². The minimum atomic E-state index is -0.237. The Morgan fingerprint density at radius 3 is 1.62 bits per heavy atom.